The number of alkyl halides is 3. The van der Waals surface area contributed by atoms with Crippen molar-refractivity contribution in [3.05, 3.63) is 62.7 Å². The molecule has 0 radical (unpaired) electrons. The fourth-order valence-electron chi connectivity index (χ4n) is 2.03. The molecule has 0 aliphatic carbocycles. The number of carbonyl (C=O) groups is 1. The number of amides is 1. The normalized spacial score (nSPS) is 11.3. The molecule has 0 saturated carbocycles. The minimum Gasteiger partial charge on any atom is -0.325 e. The first-order valence-corrected chi connectivity index (χ1v) is 8.49. The van der Waals surface area contributed by atoms with Crippen molar-refractivity contribution in [2.24, 2.45) is 0 Å². The van der Waals surface area contributed by atoms with E-state index in [2.05, 4.69) is 5.32 Å². The number of nitrogens with one attached hydrogen (secondary N) is 1. The van der Waals surface area contributed by atoms with Crippen LogP contribution in [0.5, 0.6) is 0 Å². The van der Waals surface area contributed by atoms with E-state index in [1.165, 1.54) is 0 Å². The summed E-state index contributed by atoms with van der Waals surface area (Å²) >= 11 is 6.73. The molecule has 0 unspecified atom stereocenters. The first-order valence-electron chi connectivity index (χ1n) is 7.13. The molecule has 0 bridgehead atoms. The third kappa shape index (κ3) is 4.89. The summed E-state index contributed by atoms with van der Waals surface area (Å²) in [5, 5.41) is 14.1. The molecule has 26 heavy (non-hydrogen) atoms. The summed E-state index contributed by atoms with van der Waals surface area (Å²) in [6, 6.07) is 7.15. The second kappa shape index (κ2) is 7.96. The number of nitrogens with zero attached hydrogens (tertiary/aromatic N) is 1. The monoisotopic (exact) mass is 404 g/mol. The average molecular weight is 405 g/mol. The number of nitro benzene ring substituents is 1. The minimum atomic E-state index is -4.69. The molecule has 0 saturated heterocycles. The Kier molecular flexibility index (Phi) is 6.14. The number of benzene rings is 2. The van der Waals surface area contributed by atoms with Gasteiger partial charge in [0.05, 0.1) is 21.1 Å². The minimum absolute atomic E-state index is 0.0269. The van der Waals surface area contributed by atoms with E-state index in [1.54, 1.807) is 25.1 Å². The van der Waals surface area contributed by atoms with Gasteiger partial charge in [-0.2, -0.15) is 13.2 Å². The standard InChI is InChI=1S/C16H12ClF3N2O3S/c1-9-11(17)3-2-4-12(9)21-15(23)8-26-14-6-5-10(16(18,19)20)7-13(14)22(24)25/h2-7H,8H2,1H3,(H,21,23). The Morgan fingerprint density at radius 2 is 2.00 bits per heavy atom. The molecule has 0 aliphatic rings. The van der Waals surface area contributed by atoms with Crippen LogP contribution in [0.1, 0.15) is 11.1 Å². The van der Waals surface area contributed by atoms with Crippen LogP contribution in [0.4, 0.5) is 24.5 Å². The third-order valence-electron chi connectivity index (χ3n) is 3.38. The van der Waals surface area contributed by atoms with Crippen LogP contribution in [0.15, 0.2) is 41.3 Å². The van der Waals surface area contributed by atoms with Gasteiger partial charge in [0.25, 0.3) is 5.69 Å². The smallest absolute Gasteiger partial charge is 0.325 e. The molecule has 0 aromatic heterocycles. The van der Waals surface area contributed by atoms with Crippen molar-refractivity contribution >= 4 is 40.6 Å². The molecular formula is C16H12ClF3N2O3S. The van der Waals surface area contributed by atoms with Gasteiger partial charge in [-0.3, -0.25) is 14.9 Å². The summed E-state index contributed by atoms with van der Waals surface area (Å²) in [7, 11) is 0. The van der Waals surface area contributed by atoms with Crippen LogP contribution in [0.2, 0.25) is 5.02 Å². The third-order valence-corrected chi connectivity index (χ3v) is 4.86. The van der Waals surface area contributed by atoms with Crippen LogP contribution in [-0.4, -0.2) is 16.6 Å². The van der Waals surface area contributed by atoms with Gasteiger partial charge in [-0.05, 0) is 36.8 Å². The van der Waals surface area contributed by atoms with Gasteiger partial charge in [0.2, 0.25) is 5.91 Å². The van der Waals surface area contributed by atoms with Crippen LogP contribution < -0.4 is 5.32 Å². The van der Waals surface area contributed by atoms with E-state index in [4.69, 9.17) is 11.6 Å². The molecule has 2 rings (SSSR count). The Labute approximate surface area is 155 Å². The predicted octanol–water partition coefficient (Wildman–Crippen LogP) is 5.31. The average Bonchev–Trinajstić information content (AvgIpc) is 2.56. The van der Waals surface area contributed by atoms with Gasteiger partial charge in [-0.1, -0.05) is 17.7 Å². The van der Waals surface area contributed by atoms with Crippen molar-refractivity contribution < 1.29 is 22.9 Å². The Morgan fingerprint density at radius 3 is 2.62 bits per heavy atom. The molecule has 0 fully saturated rings. The quantitative estimate of drug-likeness (QED) is 0.416. The van der Waals surface area contributed by atoms with Gasteiger partial charge in [0.15, 0.2) is 0 Å². The van der Waals surface area contributed by atoms with Crippen molar-refractivity contribution in [3.63, 3.8) is 0 Å². The molecule has 0 aliphatic heterocycles. The van der Waals surface area contributed by atoms with Crippen molar-refractivity contribution in [2.75, 3.05) is 11.1 Å². The number of halogens is 4. The van der Waals surface area contributed by atoms with E-state index >= 15 is 0 Å². The lowest BCUT2D eigenvalue weighted by Gasteiger charge is -2.10. The van der Waals surface area contributed by atoms with Gasteiger partial charge < -0.3 is 5.32 Å². The van der Waals surface area contributed by atoms with Gasteiger partial charge in [0.1, 0.15) is 0 Å². The zero-order valence-electron chi connectivity index (χ0n) is 13.3. The van der Waals surface area contributed by atoms with E-state index in [1.807, 2.05) is 0 Å². The van der Waals surface area contributed by atoms with Gasteiger partial charge >= 0.3 is 6.18 Å². The lowest BCUT2D eigenvalue weighted by atomic mass is 10.2. The zero-order valence-corrected chi connectivity index (χ0v) is 14.8. The highest BCUT2D eigenvalue weighted by Gasteiger charge is 2.33. The van der Waals surface area contributed by atoms with Crippen molar-refractivity contribution in [1.29, 1.82) is 0 Å². The van der Waals surface area contributed by atoms with Crippen molar-refractivity contribution in [2.45, 2.75) is 18.0 Å². The molecule has 0 atom stereocenters. The maximum atomic E-state index is 12.7. The van der Waals surface area contributed by atoms with Gasteiger partial charge in [-0.25, -0.2) is 0 Å². The molecule has 138 valence electrons. The highest BCUT2D eigenvalue weighted by atomic mass is 35.5. The number of nitro groups is 1. The summed E-state index contributed by atoms with van der Waals surface area (Å²) in [4.78, 5) is 22.1. The zero-order chi connectivity index (χ0) is 19.5. The first-order chi connectivity index (χ1) is 12.1. The van der Waals surface area contributed by atoms with E-state index in [9.17, 15) is 28.1 Å². The summed E-state index contributed by atoms with van der Waals surface area (Å²) in [5.74, 6) is -0.674. The SMILES string of the molecule is Cc1c(Cl)cccc1NC(=O)CSc1ccc(C(F)(F)F)cc1[N+](=O)[O-]. The Hall–Kier alpha value is -2.26. The maximum absolute atomic E-state index is 12.7. The molecule has 0 heterocycles. The van der Waals surface area contributed by atoms with Gasteiger partial charge in [-0.15, -0.1) is 11.8 Å². The highest BCUT2D eigenvalue weighted by Crippen LogP contribution is 2.36. The van der Waals surface area contributed by atoms with E-state index in [-0.39, 0.29) is 10.6 Å². The van der Waals surface area contributed by atoms with E-state index in [0.29, 0.717) is 22.3 Å². The summed E-state index contributed by atoms with van der Waals surface area (Å²) in [6.07, 6.45) is -4.69. The van der Waals surface area contributed by atoms with Crippen LogP contribution in [0.3, 0.4) is 0 Å². The predicted molar refractivity (Wildman–Crippen MR) is 93.6 cm³/mol. The van der Waals surface area contributed by atoms with Crippen LogP contribution in [0.25, 0.3) is 0 Å². The van der Waals surface area contributed by atoms with Crippen LogP contribution in [0, 0.1) is 17.0 Å². The van der Waals surface area contributed by atoms with E-state index in [0.717, 1.165) is 23.9 Å². The molecule has 0 spiro atoms. The number of rotatable bonds is 5. The van der Waals surface area contributed by atoms with Crippen molar-refractivity contribution in [1.82, 2.24) is 0 Å². The van der Waals surface area contributed by atoms with E-state index < -0.39 is 28.3 Å². The van der Waals surface area contributed by atoms with Crippen LogP contribution in [-0.2, 0) is 11.0 Å². The fourth-order valence-corrected chi connectivity index (χ4v) is 3.01. The second-order valence-corrected chi connectivity index (χ2v) is 6.61. The number of hydrogen-bond donors (Lipinski definition) is 1. The Morgan fingerprint density at radius 1 is 1.31 bits per heavy atom. The van der Waals surface area contributed by atoms with Crippen LogP contribution >= 0.6 is 23.4 Å². The number of carbonyl (C=O) groups excluding carboxylic acids is 1. The molecule has 1 N–H and O–H groups in total. The topological polar surface area (TPSA) is 72.2 Å². The first kappa shape index (κ1) is 20.1. The molecule has 2 aromatic rings. The summed E-state index contributed by atoms with van der Waals surface area (Å²) < 4.78 is 38.1. The molecule has 10 heteroatoms. The number of hydrogen-bond acceptors (Lipinski definition) is 4. The maximum Gasteiger partial charge on any atom is 0.416 e. The number of anilines is 1. The van der Waals surface area contributed by atoms with Crippen molar-refractivity contribution in [3.8, 4) is 0 Å². The largest absolute Gasteiger partial charge is 0.416 e. The highest BCUT2D eigenvalue weighted by molar-refractivity contribution is 8.00. The fraction of sp³-hybridized carbons (Fsp3) is 0.188. The molecule has 1 amide bonds. The molecule has 2 aromatic carbocycles. The Balaban J connectivity index is 2.12. The molecule has 5 nitrogen and oxygen atoms in total. The lowest BCUT2D eigenvalue weighted by Crippen LogP contribution is -2.15. The van der Waals surface area contributed by atoms with Gasteiger partial charge in [0, 0.05) is 16.8 Å². The second-order valence-electron chi connectivity index (χ2n) is 5.19. The molecular weight excluding hydrogens is 393 g/mol. The number of thioether (sulfide) groups is 1. The summed E-state index contributed by atoms with van der Waals surface area (Å²) in [6.45, 7) is 1.71. The lowest BCUT2D eigenvalue weighted by molar-refractivity contribution is -0.388. The summed E-state index contributed by atoms with van der Waals surface area (Å²) in [5.41, 5.74) is -0.665. The Bertz CT molecular complexity index is 859.